The molecule has 2 aromatic rings. The van der Waals surface area contributed by atoms with Crippen LogP contribution in [0.5, 0.6) is 0 Å². The van der Waals surface area contributed by atoms with E-state index in [0.717, 1.165) is 6.54 Å². The second-order valence-electron chi connectivity index (χ2n) is 5.20. The number of rotatable bonds is 5. The third-order valence-electron chi connectivity index (χ3n) is 3.21. The van der Waals surface area contributed by atoms with Gasteiger partial charge in [-0.25, -0.2) is 4.39 Å². The van der Waals surface area contributed by atoms with Gasteiger partial charge in [0.05, 0.1) is 13.1 Å². The highest BCUT2D eigenvalue weighted by Gasteiger charge is 2.03. The first kappa shape index (κ1) is 16.7. The summed E-state index contributed by atoms with van der Waals surface area (Å²) in [5.41, 5.74) is 1.66. The first-order chi connectivity index (χ1) is 11.1. The van der Waals surface area contributed by atoms with E-state index in [9.17, 15) is 9.18 Å². The molecule has 2 rings (SSSR count). The van der Waals surface area contributed by atoms with Crippen molar-refractivity contribution in [2.24, 2.45) is 0 Å². The summed E-state index contributed by atoms with van der Waals surface area (Å²) in [6.07, 6.45) is 0. The Kier molecular flexibility index (Phi) is 6.34. The van der Waals surface area contributed by atoms with E-state index in [1.165, 1.54) is 29.8 Å². The molecule has 2 aromatic carbocycles. The lowest BCUT2D eigenvalue weighted by atomic mass is 10.2. The summed E-state index contributed by atoms with van der Waals surface area (Å²) >= 11 is 0. The zero-order valence-corrected chi connectivity index (χ0v) is 13.1. The maximum Gasteiger partial charge on any atom is 0.252 e. The molecule has 0 radical (unpaired) electrons. The molecule has 4 heteroatoms. The molecule has 0 saturated heterocycles. The molecular weight excluding hydrogens is 291 g/mol. The van der Waals surface area contributed by atoms with Crippen LogP contribution in [0.25, 0.3) is 0 Å². The van der Waals surface area contributed by atoms with Crippen LogP contribution in [0.3, 0.4) is 0 Å². The van der Waals surface area contributed by atoms with Gasteiger partial charge in [-0.05, 0) is 36.9 Å². The van der Waals surface area contributed by atoms with E-state index in [1.54, 1.807) is 0 Å². The molecule has 0 aliphatic rings. The summed E-state index contributed by atoms with van der Waals surface area (Å²) in [7, 11) is 2.00. The molecule has 0 aliphatic carbocycles. The molecule has 118 valence electrons. The monoisotopic (exact) mass is 310 g/mol. The molecule has 0 unspecified atom stereocenters. The van der Waals surface area contributed by atoms with Gasteiger partial charge in [0, 0.05) is 12.1 Å². The van der Waals surface area contributed by atoms with Crippen LogP contribution in [-0.2, 0) is 6.54 Å². The number of halogens is 1. The fourth-order valence-electron chi connectivity index (χ4n) is 2.03. The van der Waals surface area contributed by atoms with Crippen molar-refractivity contribution < 1.29 is 9.18 Å². The van der Waals surface area contributed by atoms with Crippen molar-refractivity contribution in [3.05, 3.63) is 71.5 Å². The molecule has 0 aliphatic heterocycles. The van der Waals surface area contributed by atoms with Crippen LogP contribution < -0.4 is 5.32 Å². The van der Waals surface area contributed by atoms with Crippen LogP contribution in [0.1, 0.15) is 15.9 Å². The minimum Gasteiger partial charge on any atom is -0.341 e. The molecule has 0 atom stereocenters. The van der Waals surface area contributed by atoms with Gasteiger partial charge < -0.3 is 5.32 Å². The Morgan fingerprint density at radius 3 is 2.48 bits per heavy atom. The van der Waals surface area contributed by atoms with Crippen LogP contribution >= 0.6 is 0 Å². The standard InChI is InChI=1S/C19H19FN2O/c1-22(15-16-7-3-2-4-8-16)14-6-5-13-21-19(23)17-9-11-18(20)12-10-17/h2-4,7-12H,13-15H2,1H3,(H,21,23). The van der Waals surface area contributed by atoms with E-state index in [0.29, 0.717) is 12.1 Å². The Balaban J connectivity index is 1.71. The number of hydrogen-bond donors (Lipinski definition) is 1. The molecule has 0 fully saturated rings. The number of benzene rings is 2. The first-order valence-electron chi connectivity index (χ1n) is 7.37. The molecule has 0 spiro atoms. The predicted molar refractivity (Wildman–Crippen MR) is 89.3 cm³/mol. The molecule has 0 aromatic heterocycles. The van der Waals surface area contributed by atoms with Gasteiger partial charge in [-0.2, -0.15) is 0 Å². The normalized spacial score (nSPS) is 10.0. The molecular formula is C19H19FN2O. The molecule has 23 heavy (non-hydrogen) atoms. The maximum absolute atomic E-state index is 12.8. The van der Waals surface area contributed by atoms with Crippen LogP contribution in [0.4, 0.5) is 4.39 Å². The van der Waals surface area contributed by atoms with Crippen LogP contribution in [0, 0.1) is 17.7 Å². The zero-order valence-electron chi connectivity index (χ0n) is 13.1. The number of nitrogens with zero attached hydrogens (tertiary/aromatic N) is 1. The molecule has 3 nitrogen and oxygen atoms in total. The second kappa shape index (κ2) is 8.72. The number of carbonyl (C=O) groups excluding carboxylic acids is 1. The number of amides is 1. The second-order valence-corrected chi connectivity index (χ2v) is 5.20. The summed E-state index contributed by atoms with van der Waals surface area (Å²) in [6, 6.07) is 15.6. The third kappa shape index (κ3) is 5.93. The number of nitrogens with one attached hydrogen (secondary N) is 1. The summed E-state index contributed by atoms with van der Waals surface area (Å²) in [5, 5.41) is 2.69. The highest BCUT2D eigenvalue weighted by Crippen LogP contribution is 2.02. The van der Waals surface area contributed by atoms with Crippen molar-refractivity contribution in [1.82, 2.24) is 10.2 Å². The zero-order chi connectivity index (χ0) is 16.5. The van der Waals surface area contributed by atoms with E-state index in [-0.39, 0.29) is 18.3 Å². The minimum absolute atomic E-state index is 0.253. The summed E-state index contributed by atoms with van der Waals surface area (Å²) < 4.78 is 12.8. The Hall–Kier alpha value is -2.64. The molecule has 1 amide bonds. The average Bonchev–Trinajstić information content (AvgIpc) is 2.56. The predicted octanol–water partition coefficient (Wildman–Crippen LogP) is 2.69. The average molecular weight is 310 g/mol. The van der Waals surface area contributed by atoms with Gasteiger partial charge >= 0.3 is 0 Å². The van der Waals surface area contributed by atoms with Crippen LogP contribution in [-0.4, -0.2) is 30.9 Å². The van der Waals surface area contributed by atoms with Crippen molar-refractivity contribution in [2.75, 3.05) is 20.1 Å². The molecule has 1 N–H and O–H groups in total. The first-order valence-corrected chi connectivity index (χ1v) is 7.37. The topological polar surface area (TPSA) is 32.3 Å². The lowest BCUT2D eigenvalue weighted by molar-refractivity contribution is 0.0958. The van der Waals surface area contributed by atoms with Gasteiger partial charge in [0.15, 0.2) is 0 Å². The van der Waals surface area contributed by atoms with Crippen molar-refractivity contribution in [3.63, 3.8) is 0 Å². The third-order valence-corrected chi connectivity index (χ3v) is 3.21. The van der Waals surface area contributed by atoms with Gasteiger partial charge in [0.2, 0.25) is 0 Å². The van der Waals surface area contributed by atoms with Gasteiger partial charge in [-0.1, -0.05) is 42.2 Å². The minimum atomic E-state index is -0.359. The summed E-state index contributed by atoms with van der Waals surface area (Å²) in [6.45, 7) is 1.73. The quantitative estimate of drug-likeness (QED) is 0.861. The van der Waals surface area contributed by atoms with Crippen molar-refractivity contribution >= 4 is 5.91 Å². The van der Waals surface area contributed by atoms with Crippen molar-refractivity contribution in [1.29, 1.82) is 0 Å². The summed E-state index contributed by atoms with van der Waals surface area (Å²) in [5.74, 6) is 5.33. The smallest absolute Gasteiger partial charge is 0.252 e. The van der Waals surface area contributed by atoms with E-state index in [1.807, 2.05) is 25.2 Å². The Morgan fingerprint density at radius 2 is 1.78 bits per heavy atom. The fraction of sp³-hybridized carbons (Fsp3) is 0.211. The van der Waals surface area contributed by atoms with E-state index >= 15 is 0 Å². The molecule has 0 bridgehead atoms. The van der Waals surface area contributed by atoms with Gasteiger partial charge in [-0.3, -0.25) is 9.69 Å². The Labute approximate surface area is 136 Å². The van der Waals surface area contributed by atoms with Crippen molar-refractivity contribution in [3.8, 4) is 11.8 Å². The Morgan fingerprint density at radius 1 is 1.09 bits per heavy atom. The number of carbonyl (C=O) groups is 1. The van der Waals surface area contributed by atoms with Crippen LogP contribution in [0.15, 0.2) is 54.6 Å². The van der Waals surface area contributed by atoms with E-state index < -0.39 is 0 Å². The lowest BCUT2D eigenvalue weighted by Crippen LogP contribution is -2.24. The SMILES string of the molecule is CN(CC#CCNC(=O)c1ccc(F)cc1)Cc1ccccc1. The highest BCUT2D eigenvalue weighted by molar-refractivity contribution is 5.94. The van der Waals surface area contributed by atoms with Gasteiger partial charge in [-0.15, -0.1) is 0 Å². The summed E-state index contributed by atoms with van der Waals surface area (Å²) in [4.78, 5) is 13.9. The van der Waals surface area contributed by atoms with Gasteiger partial charge in [0.1, 0.15) is 5.82 Å². The van der Waals surface area contributed by atoms with E-state index in [4.69, 9.17) is 0 Å². The molecule has 0 heterocycles. The maximum atomic E-state index is 12.8. The Bertz CT molecular complexity index is 687. The molecule has 0 saturated carbocycles. The number of hydrogen-bond acceptors (Lipinski definition) is 2. The van der Waals surface area contributed by atoms with Crippen LogP contribution in [0.2, 0.25) is 0 Å². The lowest BCUT2D eigenvalue weighted by Gasteiger charge is -2.12. The highest BCUT2D eigenvalue weighted by atomic mass is 19.1. The fourth-order valence-corrected chi connectivity index (χ4v) is 2.03. The van der Waals surface area contributed by atoms with Crippen molar-refractivity contribution in [2.45, 2.75) is 6.54 Å². The largest absolute Gasteiger partial charge is 0.341 e. The van der Waals surface area contributed by atoms with E-state index in [2.05, 4.69) is 34.2 Å². The van der Waals surface area contributed by atoms with Gasteiger partial charge in [0.25, 0.3) is 5.91 Å².